The van der Waals surface area contributed by atoms with Gasteiger partial charge >= 0.3 is 0 Å². The number of nitrogens with one attached hydrogen (secondary N) is 2. The number of amides is 2. The molecule has 0 fully saturated rings. The van der Waals surface area contributed by atoms with Crippen molar-refractivity contribution in [2.75, 3.05) is 0 Å². The Kier molecular flexibility index (Phi) is 7.70. The molecule has 0 spiro atoms. The molecule has 0 radical (unpaired) electrons. The molecule has 2 amide bonds. The van der Waals surface area contributed by atoms with Crippen molar-refractivity contribution in [3.05, 3.63) is 117 Å². The Balaban J connectivity index is 1.59. The topological polar surface area (TPSA) is 76.0 Å². The standard InChI is InChI=1S/C31H29ClN4O2/c1-20-14-15-23(29(37)33-34-30(38)28-21(2)10-9-13-26(28)32)18-22(20)16-17-25-19-27(31(3,4)5)35-36(25)24-11-7-6-8-12-24/h6-15,18-19H,1-5H3,(H,33,37)(H,34,38). The van der Waals surface area contributed by atoms with Crippen LogP contribution >= 0.6 is 11.6 Å². The van der Waals surface area contributed by atoms with E-state index in [-0.39, 0.29) is 5.41 Å². The summed E-state index contributed by atoms with van der Waals surface area (Å²) in [5, 5.41) is 5.12. The second-order valence-corrected chi connectivity index (χ2v) is 10.4. The molecular weight excluding hydrogens is 496 g/mol. The number of rotatable bonds is 3. The van der Waals surface area contributed by atoms with E-state index in [1.165, 1.54) is 0 Å². The van der Waals surface area contributed by atoms with Crippen LogP contribution in [0.5, 0.6) is 0 Å². The molecule has 0 aliphatic carbocycles. The molecular formula is C31H29ClN4O2. The minimum absolute atomic E-state index is 0.142. The maximum Gasteiger partial charge on any atom is 0.271 e. The molecule has 192 valence electrons. The normalized spacial score (nSPS) is 10.9. The van der Waals surface area contributed by atoms with Gasteiger partial charge in [-0.2, -0.15) is 5.10 Å². The lowest BCUT2D eigenvalue weighted by Crippen LogP contribution is -2.42. The average molecular weight is 525 g/mol. The van der Waals surface area contributed by atoms with Crippen molar-refractivity contribution in [2.24, 2.45) is 0 Å². The number of hydrogen-bond acceptors (Lipinski definition) is 3. The summed E-state index contributed by atoms with van der Waals surface area (Å²) in [7, 11) is 0. The molecule has 0 saturated heterocycles. The molecule has 1 heterocycles. The van der Waals surface area contributed by atoms with Gasteiger partial charge in [-0.05, 0) is 67.3 Å². The Labute approximate surface area is 228 Å². The van der Waals surface area contributed by atoms with Gasteiger partial charge in [0.1, 0.15) is 5.69 Å². The van der Waals surface area contributed by atoms with Crippen molar-refractivity contribution < 1.29 is 9.59 Å². The number of aromatic nitrogens is 2. The van der Waals surface area contributed by atoms with Gasteiger partial charge in [0.05, 0.1) is 22.0 Å². The molecule has 0 unspecified atom stereocenters. The first kappa shape index (κ1) is 26.7. The Bertz CT molecular complexity index is 1550. The number of halogens is 1. The zero-order valence-corrected chi connectivity index (χ0v) is 22.8. The monoisotopic (exact) mass is 524 g/mol. The highest BCUT2D eigenvalue weighted by molar-refractivity contribution is 6.34. The van der Waals surface area contributed by atoms with Crippen LogP contribution < -0.4 is 10.9 Å². The fourth-order valence-corrected chi connectivity index (χ4v) is 4.11. The Morgan fingerprint density at radius 1 is 0.842 bits per heavy atom. The zero-order valence-electron chi connectivity index (χ0n) is 22.0. The van der Waals surface area contributed by atoms with E-state index < -0.39 is 11.8 Å². The van der Waals surface area contributed by atoms with E-state index in [1.807, 2.05) is 54.1 Å². The van der Waals surface area contributed by atoms with Gasteiger partial charge in [0.25, 0.3) is 11.8 Å². The number of hydrazine groups is 1. The Morgan fingerprint density at radius 2 is 1.55 bits per heavy atom. The van der Waals surface area contributed by atoms with Crippen LogP contribution in [0.15, 0.2) is 72.8 Å². The number of carbonyl (C=O) groups excluding carboxylic acids is 2. The van der Waals surface area contributed by atoms with Crippen molar-refractivity contribution in [1.29, 1.82) is 0 Å². The first-order chi connectivity index (χ1) is 18.0. The number of benzene rings is 3. The van der Waals surface area contributed by atoms with Crippen LogP contribution in [0.25, 0.3) is 5.69 Å². The lowest BCUT2D eigenvalue weighted by atomic mass is 9.92. The number of aryl methyl sites for hydroxylation is 2. The fourth-order valence-electron chi connectivity index (χ4n) is 3.80. The molecule has 0 atom stereocenters. The van der Waals surface area contributed by atoms with Crippen LogP contribution in [0.4, 0.5) is 0 Å². The van der Waals surface area contributed by atoms with Gasteiger partial charge in [0.2, 0.25) is 0 Å². The van der Waals surface area contributed by atoms with Crippen LogP contribution in [0.2, 0.25) is 5.02 Å². The summed E-state index contributed by atoms with van der Waals surface area (Å²) >= 11 is 6.16. The van der Waals surface area contributed by atoms with Crippen LogP contribution in [0, 0.1) is 25.7 Å². The first-order valence-corrected chi connectivity index (χ1v) is 12.6. The molecule has 7 heteroatoms. The van der Waals surface area contributed by atoms with Crippen molar-refractivity contribution in [3.8, 4) is 17.5 Å². The molecule has 4 rings (SSSR count). The van der Waals surface area contributed by atoms with E-state index in [0.29, 0.717) is 27.3 Å². The predicted octanol–water partition coefficient (Wildman–Crippen LogP) is 5.91. The average Bonchev–Trinajstić information content (AvgIpc) is 3.32. The van der Waals surface area contributed by atoms with Gasteiger partial charge < -0.3 is 0 Å². The van der Waals surface area contributed by atoms with E-state index in [9.17, 15) is 9.59 Å². The van der Waals surface area contributed by atoms with Gasteiger partial charge in [-0.15, -0.1) is 0 Å². The van der Waals surface area contributed by atoms with Gasteiger partial charge in [-0.3, -0.25) is 20.4 Å². The van der Waals surface area contributed by atoms with Crippen molar-refractivity contribution in [3.63, 3.8) is 0 Å². The molecule has 0 aliphatic heterocycles. The van der Waals surface area contributed by atoms with Crippen LogP contribution in [-0.2, 0) is 5.41 Å². The second kappa shape index (κ2) is 11.0. The van der Waals surface area contributed by atoms with Crippen LogP contribution in [-0.4, -0.2) is 21.6 Å². The number of carbonyl (C=O) groups is 2. The van der Waals surface area contributed by atoms with E-state index >= 15 is 0 Å². The first-order valence-electron chi connectivity index (χ1n) is 12.2. The summed E-state index contributed by atoms with van der Waals surface area (Å²) in [6.45, 7) is 10.0. The molecule has 0 bridgehead atoms. The van der Waals surface area contributed by atoms with Crippen LogP contribution in [0.1, 0.15) is 69.6 Å². The summed E-state index contributed by atoms with van der Waals surface area (Å²) < 4.78 is 1.84. The van der Waals surface area contributed by atoms with E-state index in [0.717, 1.165) is 22.6 Å². The van der Waals surface area contributed by atoms with Gasteiger partial charge in [-0.25, -0.2) is 4.68 Å². The Hall–Kier alpha value is -4.34. The van der Waals surface area contributed by atoms with E-state index in [4.69, 9.17) is 16.7 Å². The van der Waals surface area contributed by atoms with E-state index in [2.05, 4.69) is 43.5 Å². The third-order valence-corrected chi connectivity index (χ3v) is 6.36. The molecule has 4 aromatic rings. The maximum atomic E-state index is 12.8. The van der Waals surface area contributed by atoms with Crippen molar-refractivity contribution in [2.45, 2.75) is 40.0 Å². The molecule has 38 heavy (non-hydrogen) atoms. The smallest absolute Gasteiger partial charge is 0.267 e. The molecule has 0 aliphatic rings. The van der Waals surface area contributed by atoms with Crippen molar-refractivity contribution >= 4 is 23.4 Å². The number of para-hydroxylation sites is 1. The SMILES string of the molecule is Cc1ccc(C(=O)NNC(=O)c2c(C)cccc2Cl)cc1C#Cc1cc(C(C)(C)C)nn1-c1ccccc1. The maximum absolute atomic E-state index is 12.8. The van der Waals surface area contributed by atoms with Gasteiger partial charge in [0, 0.05) is 16.5 Å². The van der Waals surface area contributed by atoms with E-state index in [1.54, 1.807) is 37.3 Å². The summed E-state index contributed by atoms with van der Waals surface area (Å²) in [6.07, 6.45) is 0. The molecule has 2 N–H and O–H groups in total. The predicted molar refractivity (Wildman–Crippen MR) is 151 cm³/mol. The van der Waals surface area contributed by atoms with Crippen LogP contribution in [0.3, 0.4) is 0 Å². The Morgan fingerprint density at radius 3 is 2.24 bits per heavy atom. The number of nitrogens with zero attached hydrogens (tertiary/aromatic N) is 2. The number of hydrogen-bond donors (Lipinski definition) is 2. The summed E-state index contributed by atoms with van der Waals surface area (Å²) in [5.74, 6) is 5.50. The largest absolute Gasteiger partial charge is 0.271 e. The summed E-state index contributed by atoms with van der Waals surface area (Å²) in [4.78, 5) is 25.4. The fraction of sp³-hybridized carbons (Fsp3) is 0.194. The lowest BCUT2D eigenvalue weighted by molar-refractivity contribution is 0.0846. The highest BCUT2D eigenvalue weighted by Crippen LogP contribution is 2.24. The van der Waals surface area contributed by atoms with Crippen molar-refractivity contribution in [1.82, 2.24) is 20.6 Å². The quantitative estimate of drug-likeness (QED) is 0.258. The zero-order chi connectivity index (χ0) is 27.4. The molecule has 1 aromatic heterocycles. The molecule has 3 aromatic carbocycles. The third kappa shape index (κ3) is 5.96. The lowest BCUT2D eigenvalue weighted by Gasteiger charge is -2.14. The summed E-state index contributed by atoms with van der Waals surface area (Å²) in [6, 6.07) is 22.2. The minimum atomic E-state index is -0.489. The second-order valence-electron chi connectivity index (χ2n) is 10.0. The minimum Gasteiger partial charge on any atom is -0.267 e. The highest BCUT2D eigenvalue weighted by Gasteiger charge is 2.20. The molecule has 6 nitrogen and oxygen atoms in total. The third-order valence-electron chi connectivity index (χ3n) is 6.04. The van der Waals surface area contributed by atoms with Gasteiger partial charge in [-0.1, -0.05) is 74.7 Å². The summed E-state index contributed by atoms with van der Waals surface area (Å²) in [5.41, 5.74) is 10.4. The van der Waals surface area contributed by atoms with Gasteiger partial charge in [0.15, 0.2) is 0 Å². The highest BCUT2D eigenvalue weighted by atomic mass is 35.5. The molecule has 0 saturated carbocycles.